The zero-order chi connectivity index (χ0) is 19.1. The van der Waals surface area contributed by atoms with Crippen molar-refractivity contribution in [3.8, 4) is 11.5 Å². The molecule has 10 nitrogen and oxygen atoms in total. The number of nitrogens with zero attached hydrogens (tertiary/aromatic N) is 4. The van der Waals surface area contributed by atoms with Crippen LogP contribution in [0.2, 0.25) is 0 Å². The molecule has 0 atom stereocenters. The molecule has 0 aliphatic rings. The van der Waals surface area contributed by atoms with Crippen LogP contribution in [0.1, 0.15) is 11.1 Å². The lowest BCUT2D eigenvalue weighted by atomic mass is 10.1. The lowest BCUT2D eigenvalue weighted by Crippen LogP contribution is -1.98. The Kier molecular flexibility index (Phi) is 5.93. The summed E-state index contributed by atoms with van der Waals surface area (Å²) in [6.07, 6.45) is 2.49. The maximum absolute atomic E-state index is 11.2. The first-order valence-electron chi connectivity index (χ1n) is 7.17. The van der Waals surface area contributed by atoms with Crippen molar-refractivity contribution in [1.82, 2.24) is 0 Å². The van der Waals surface area contributed by atoms with Crippen LogP contribution in [0, 0.1) is 20.2 Å². The van der Waals surface area contributed by atoms with Crippen LogP contribution in [0.3, 0.4) is 0 Å². The monoisotopic (exact) mass is 358 g/mol. The van der Waals surface area contributed by atoms with Crippen molar-refractivity contribution in [2.24, 2.45) is 10.2 Å². The molecule has 0 saturated carbocycles. The number of non-ortho nitro benzene ring substituents is 1. The molecular weight excluding hydrogens is 344 g/mol. The predicted octanol–water partition coefficient (Wildman–Crippen LogP) is 2.97. The normalized spacial score (nSPS) is 11.0. The summed E-state index contributed by atoms with van der Waals surface area (Å²) in [5.41, 5.74) is 0.340. The highest BCUT2D eigenvalue weighted by Crippen LogP contribution is 2.33. The minimum Gasteiger partial charge on any atom is -0.493 e. The molecule has 10 heteroatoms. The van der Waals surface area contributed by atoms with Crippen LogP contribution in [0.15, 0.2) is 46.6 Å². The maximum Gasteiger partial charge on any atom is 0.282 e. The third-order valence-electron chi connectivity index (χ3n) is 3.28. The smallest absolute Gasteiger partial charge is 0.282 e. The van der Waals surface area contributed by atoms with Crippen molar-refractivity contribution >= 4 is 23.8 Å². The van der Waals surface area contributed by atoms with Gasteiger partial charge in [0.15, 0.2) is 11.5 Å². The molecule has 134 valence electrons. The van der Waals surface area contributed by atoms with Crippen LogP contribution in [0.25, 0.3) is 0 Å². The molecule has 2 aromatic carbocycles. The summed E-state index contributed by atoms with van der Waals surface area (Å²) in [6.45, 7) is 0. The lowest BCUT2D eigenvalue weighted by molar-refractivity contribution is -0.385. The SMILES string of the molecule is COc1cc(/C=N/N=C/c2cccc([N+](=O)[O-])c2)c([N+](=O)[O-])cc1OC. The van der Waals surface area contributed by atoms with E-state index in [0.717, 1.165) is 0 Å². The summed E-state index contributed by atoms with van der Waals surface area (Å²) >= 11 is 0. The van der Waals surface area contributed by atoms with E-state index in [1.807, 2.05) is 0 Å². The van der Waals surface area contributed by atoms with Gasteiger partial charge in [0.25, 0.3) is 11.4 Å². The lowest BCUT2D eigenvalue weighted by Gasteiger charge is -2.08. The quantitative estimate of drug-likeness (QED) is 0.425. The van der Waals surface area contributed by atoms with Crippen LogP contribution in [0.5, 0.6) is 11.5 Å². The number of benzene rings is 2. The number of ether oxygens (including phenoxy) is 2. The van der Waals surface area contributed by atoms with Crippen molar-refractivity contribution in [2.45, 2.75) is 0 Å². The highest BCUT2D eigenvalue weighted by atomic mass is 16.6. The molecule has 0 aliphatic carbocycles. The van der Waals surface area contributed by atoms with E-state index >= 15 is 0 Å². The third-order valence-corrected chi connectivity index (χ3v) is 3.28. The summed E-state index contributed by atoms with van der Waals surface area (Å²) in [7, 11) is 2.78. The van der Waals surface area contributed by atoms with E-state index in [-0.39, 0.29) is 22.7 Å². The van der Waals surface area contributed by atoms with E-state index in [2.05, 4.69) is 10.2 Å². The molecule has 0 spiro atoms. The molecule has 0 radical (unpaired) electrons. The van der Waals surface area contributed by atoms with E-state index in [1.165, 1.54) is 57.0 Å². The molecule has 0 unspecified atom stereocenters. The summed E-state index contributed by atoms with van der Waals surface area (Å²) in [6, 6.07) is 8.45. The van der Waals surface area contributed by atoms with Crippen molar-refractivity contribution < 1.29 is 19.3 Å². The van der Waals surface area contributed by atoms with Gasteiger partial charge in [0.1, 0.15) is 0 Å². The second-order valence-electron chi connectivity index (χ2n) is 4.86. The fraction of sp³-hybridized carbons (Fsp3) is 0.125. The molecule has 0 aromatic heterocycles. The first-order chi connectivity index (χ1) is 12.5. The zero-order valence-corrected chi connectivity index (χ0v) is 13.9. The van der Waals surface area contributed by atoms with Crippen molar-refractivity contribution in [1.29, 1.82) is 0 Å². The van der Waals surface area contributed by atoms with Gasteiger partial charge in [-0.1, -0.05) is 12.1 Å². The van der Waals surface area contributed by atoms with E-state index < -0.39 is 9.85 Å². The van der Waals surface area contributed by atoms with Gasteiger partial charge in [-0.2, -0.15) is 10.2 Å². The van der Waals surface area contributed by atoms with Crippen LogP contribution in [-0.2, 0) is 0 Å². The predicted molar refractivity (Wildman–Crippen MR) is 94.5 cm³/mol. The minimum atomic E-state index is -0.576. The summed E-state index contributed by atoms with van der Waals surface area (Å²) in [4.78, 5) is 20.8. The average Bonchev–Trinajstić information content (AvgIpc) is 2.64. The largest absolute Gasteiger partial charge is 0.493 e. The first kappa shape index (κ1) is 18.5. The standard InChI is InChI=1S/C16H14N4O6/c1-25-15-7-12(14(20(23)24)8-16(15)26-2)10-18-17-9-11-4-3-5-13(6-11)19(21)22/h3-10H,1-2H3/b17-9+,18-10+. The fourth-order valence-corrected chi connectivity index (χ4v) is 2.06. The van der Waals surface area contributed by atoms with E-state index in [9.17, 15) is 20.2 Å². The van der Waals surface area contributed by atoms with Gasteiger partial charge in [-0.05, 0) is 6.07 Å². The Balaban J connectivity index is 2.28. The molecule has 0 heterocycles. The number of hydrogen-bond donors (Lipinski definition) is 0. The van der Waals surface area contributed by atoms with Crippen LogP contribution >= 0.6 is 0 Å². The Morgan fingerprint density at radius 1 is 0.923 bits per heavy atom. The van der Waals surface area contributed by atoms with Gasteiger partial charge in [0, 0.05) is 17.7 Å². The van der Waals surface area contributed by atoms with Gasteiger partial charge in [-0.15, -0.1) is 0 Å². The van der Waals surface area contributed by atoms with Crippen LogP contribution in [0.4, 0.5) is 11.4 Å². The Labute approximate surface area is 147 Å². The van der Waals surface area contributed by atoms with Gasteiger partial charge in [-0.3, -0.25) is 20.2 Å². The van der Waals surface area contributed by atoms with E-state index in [0.29, 0.717) is 11.3 Å². The second kappa shape index (κ2) is 8.33. The van der Waals surface area contributed by atoms with Gasteiger partial charge in [0.05, 0.1) is 48.1 Å². The Hall–Kier alpha value is -3.82. The average molecular weight is 358 g/mol. The highest BCUT2D eigenvalue weighted by Gasteiger charge is 2.18. The molecule has 0 bridgehead atoms. The molecule has 0 saturated heterocycles. The number of methoxy groups -OCH3 is 2. The minimum absolute atomic E-state index is 0.0755. The Morgan fingerprint density at radius 3 is 2.19 bits per heavy atom. The molecule has 0 aliphatic heterocycles. The molecular formula is C16H14N4O6. The molecule has 26 heavy (non-hydrogen) atoms. The van der Waals surface area contributed by atoms with Crippen molar-refractivity contribution in [3.05, 3.63) is 67.8 Å². The number of rotatable bonds is 7. The number of nitro benzene ring substituents is 2. The van der Waals surface area contributed by atoms with Crippen molar-refractivity contribution in [3.63, 3.8) is 0 Å². The van der Waals surface area contributed by atoms with Crippen LogP contribution in [-0.4, -0.2) is 36.5 Å². The fourth-order valence-electron chi connectivity index (χ4n) is 2.06. The molecule has 2 aromatic rings. The van der Waals surface area contributed by atoms with Gasteiger partial charge in [0.2, 0.25) is 0 Å². The van der Waals surface area contributed by atoms with Crippen LogP contribution < -0.4 is 9.47 Å². The van der Waals surface area contributed by atoms with Crippen molar-refractivity contribution in [2.75, 3.05) is 14.2 Å². The maximum atomic E-state index is 11.2. The molecule has 0 amide bonds. The molecule has 0 fully saturated rings. The van der Waals surface area contributed by atoms with Gasteiger partial charge >= 0.3 is 0 Å². The molecule has 2 rings (SSSR count). The van der Waals surface area contributed by atoms with E-state index in [4.69, 9.17) is 9.47 Å². The third kappa shape index (κ3) is 4.38. The Bertz CT molecular complexity index is 894. The first-order valence-corrected chi connectivity index (χ1v) is 7.17. The number of hydrogen-bond acceptors (Lipinski definition) is 8. The highest BCUT2D eigenvalue weighted by molar-refractivity contribution is 5.88. The Morgan fingerprint density at radius 2 is 1.58 bits per heavy atom. The molecule has 0 N–H and O–H groups in total. The van der Waals surface area contributed by atoms with Gasteiger partial charge in [-0.25, -0.2) is 0 Å². The van der Waals surface area contributed by atoms with E-state index in [1.54, 1.807) is 6.07 Å². The number of nitro groups is 2. The summed E-state index contributed by atoms with van der Waals surface area (Å²) < 4.78 is 10.1. The zero-order valence-electron chi connectivity index (χ0n) is 13.9. The topological polar surface area (TPSA) is 129 Å². The van der Waals surface area contributed by atoms with Gasteiger partial charge < -0.3 is 9.47 Å². The second-order valence-corrected chi connectivity index (χ2v) is 4.86. The summed E-state index contributed by atoms with van der Waals surface area (Å²) in [5.74, 6) is 0.527. The summed E-state index contributed by atoms with van der Waals surface area (Å²) in [5, 5.41) is 29.4.